The number of ether oxygens (including phenoxy) is 5. The average Bonchev–Trinajstić information content (AvgIpc) is 1.47. The smallest absolute Gasteiger partial charge is 0.356 e. The van der Waals surface area contributed by atoms with E-state index < -0.39 is 84.9 Å². The van der Waals surface area contributed by atoms with Crippen LogP contribution >= 0.6 is 40.9 Å². The fourth-order valence-electron chi connectivity index (χ4n) is 20.0. The number of nitrogens with zero attached hydrogens (tertiary/aromatic N) is 12. The Kier molecular flexibility index (Phi) is 31.8. The summed E-state index contributed by atoms with van der Waals surface area (Å²) in [4.78, 5) is 149. The molecular weight excluding hydrogens is 1980 g/mol. The molecule has 0 N–H and O–H groups in total. The van der Waals surface area contributed by atoms with Crippen molar-refractivity contribution in [2.24, 2.45) is 35.5 Å². The maximum absolute atomic E-state index is 15.5. The van der Waals surface area contributed by atoms with Gasteiger partial charge in [-0.15, -0.1) is 34.0 Å². The van der Waals surface area contributed by atoms with Crippen molar-refractivity contribution in [3.63, 3.8) is 0 Å². The molecule has 2 unspecified atom stereocenters. The lowest BCUT2D eigenvalue weighted by molar-refractivity contribution is -0.163. The highest BCUT2D eigenvalue weighted by Crippen LogP contribution is 2.58. The number of aromatic nitrogens is 9. The highest BCUT2D eigenvalue weighted by molar-refractivity contribution is 7.96. The third-order valence-electron chi connectivity index (χ3n) is 31.0. The minimum absolute atomic E-state index is 0.00411. The van der Waals surface area contributed by atoms with Gasteiger partial charge in [0.25, 0.3) is 0 Å². The lowest BCUT2D eigenvalue weighted by Gasteiger charge is -2.54. The van der Waals surface area contributed by atoms with Gasteiger partial charge in [0.2, 0.25) is 23.5 Å². The quantitative estimate of drug-likeness (QED) is 0.00677. The SMILES string of the molecule is C=CCOC(=O)C(N1C(=O)[C@H]([C@@H](C)O[Si](C)(C)C(C)(C)C)[C@H]1[C@@H](C)C(=O)c1cn2cnc(C(C)(OC)c3cccnc3)c2s1)=P(c1ccccc1)(c1ccccc1)c1ccccc1.C=CCOC(=O)C1=C(c2cn3cnc(C(=O)c4cccnc4)c3s2)[C@H](C)[C@@H]2[C@@H]([C@@H](C)O[Si](C)(C)C(C)(C)C)C(=O)N12.C=CCOC(=O)C1=C(c2cn3cnc(C(C)(OC)c4cccnc4)c3s2)[C@H](C)[C@@H]2[C@@H]([C@@H](C)O[Si](C)(C)C(C)(C)C)C(=O)N12. The number of carbonyl (C=O) groups is 8. The Labute approximate surface area is 876 Å². The molecule has 3 amide bonds. The highest BCUT2D eigenvalue weighted by atomic mass is 32.1. The van der Waals surface area contributed by atoms with Gasteiger partial charge in [0.15, 0.2) is 30.7 Å². The molecule has 3 fully saturated rings. The molecule has 0 bridgehead atoms. The number of hydrogen-bond donors (Lipinski definition) is 0. The summed E-state index contributed by atoms with van der Waals surface area (Å²) < 4.78 is 55.1. The van der Waals surface area contributed by atoms with E-state index in [1.165, 1.54) is 58.4 Å². The molecule has 5 aliphatic heterocycles. The van der Waals surface area contributed by atoms with Crippen LogP contribution in [-0.4, -0.2) is 206 Å². The Morgan fingerprint density at radius 1 is 0.463 bits per heavy atom. The summed E-state index contributed by atoms with van der Waals surface area (Å²) in [5.41, 5.74) is 4.34. The van der Waals surface area contributed by atoms with Crippen LogP contribution in [0.3, 0.4) is 0 Å². The van der Waals surface area contributed by atoms with E-state index in [0.29, 0.717) is 32.4 Å². The lowest BCUT2D eigenvalue weighted by atomic mass is 9.75. The summed E-state index contributed by atoms with van der Waals surface area (Å²) >= 11 is 4.21. The van der Waals surface area contributed by atoms with Crippen molar-refractivity contribution in [2.75, 3.05) is 34.0 Å². The van der Waals surface area contributed by atoms with Crippen molar-refractivity contribution < 1.29 is 75.3 Å². The van der Waals surface area contributed by atoms with Gasteiger partial charge in [0.1, 0.15) is 98.4 Å². The van der Waals surface area contributed by atoms with E-state index in [1.54, 1.807) is 102 Å². The molecule has 9 aromatic heterocycles. The van der Waals surface area contributed by atoms with Crippen LogP contribution in [0.1, 0.15) is 176 Å². The van der Waals surface area contributed by atoms with Gasteiger partial charge in [0, 0.05) is 122 Å². The van der Waals surface area contributed by atoms with Crippen molar-refractivity contribution >= 4 is 160 Å². The second-order valence-electron chi connectivity index (χ2n) is 43.1. The first kappa shape index (κ1) is 109. The first-order valence-electron chi connectivity index (χ1n) is 49.6. The van der Waals surface area contributed by atoms with E-state index in [2.05, 4.69) is 148 Å². The summed E-state index contributed by atoms with van der Waals surface area (Å²) in [7, 11) is -3.41. The predicted octanol–water partition coefficient (Wildman–Crippen LogP) is 20.0. The highest BCUT2D eigenvalue weighted by Gasteiger charge is 2.65. The molecule has 28 nitrogen and oxygen atoms in total. The number of imidazole rings is 3. The Hall–Kier alpha value is -11.8. The summed E-state index contributed by atoms with van der Waals surface area (Å²) in [6, 6.07) is 39.4. The van der Waals surface area contributed by atoms with Crippen molar-refractivity contribution in [3.05, 3.63) is 300 Å². The number of thiazole rings is 3. The van der Waals surface area contributed by atoms with Gasteiger partial charge in [0.05, 0.1) is 68.8 Å². The lowest BCUT2D eigenvalue weighted by Crippen LogP contribution is -2.71. The zero-order valence-corrected chi connectivity index (χ0v) is 94.9. The molecule has 35 heteroatoms. The Balaban J connectivity index is 0.000000171. The average molecular weight is 2120 g/mol. The molecule has 17 rings (SSSR count). The van der Waals surface area contributed by atoms with Gasteiger partial charge < -0.3 is 51.7 Å². The van der Waals surface area contributed by atoms with Crippen molar-refractivity contribution in [2.45, 2.75) is 220 Å². The molecule has 774 valence electrons. The minimum Gasteiger partial charge on any atom is -0.457 e. The van der Waals surface area contributed by atoms with Crippen LogP contribution in [0, 0.1) is 35.5 Å². The topological polar surface area (TPSA) is 311 Å². The number of esters is 3. The van der Waals surface area contributed by atoms with Crippen LogP contribution in [-0.2, 0) is 76.9 Å². The van der Waals surface area contributed by atoms with Crippen LogP contribution in [0.15, 0.2) is 252 Å². The number of rotatable bonds is 35. The number of ketones is 2. The van der Waals surface area contributed by atoms with Gasteiger partial charge in [-0.2, -0.15) is 0 Å². The molecule has 0 spiro atoms. The molecule has 3 aromatic carbocycles. The number of fused-ring (bicyclic) bond motifs is 5. The summed E-state index contributed by atoms with van der Waals surface area (Å²) in [6.07, 6.45) is 24.2. The normalized spacial score (nSPS) is 20.3. The third kappa shape index (κ3) is 19.9. The molecule has 0 radical (unpaired) electrons. The van der Waals surface area contributed by atoms with Gasteiger partial charge in [-0.3, -0.25) is 52.1 Å². The maximum atomic E-state index is 15.5. The van der Waals surface area contributed by atoms with E-state index in [9.17, 15) is 24.0 Å². The van der Waals surface area contributed by atoms with Crippen LogP contribution in [0.25, 0.3) is 25.6 Å². The molecule has 147 heavy (non-hydrogen) atoms. The van der Waals surface area contributed by atoms with Gasteiger partial charge in [-0.05, 0) is 129 Å². The van der Waals surface area contributed by atoms with E-state index >= 15 is 14.4 Å². The van der Waals surface area contributed by atoms with Gasteiger partial charge >= 0.3 is 17.9 Å². The Morgan fingerprint density at radius 3 is 1.22 bits per heavy atom. The number of Topliss-reactive ketones (excluding diaryl/α,β-unsaturated/α-hetero) is 1. The van der Waals surface area contributed by atoms with E-state index in [0.717, 1.165) is 63.3 Å². The van der Waals surface area contributed by atoms with Crippen LogP contribution < -0.4 is 15.9 Å². The molecular formula is C112H135N12O16PS3Si3. The van der Waals surface area contributed by atoms with Crippen molar-refractivity contribution in [1.29, 1.82) is 0 Å². The first-order valence-corrected chi connectivity index (χ1v) is 62.5. The van der Waals surface area contributed by atoms with Crippen LogP contribution in [0.4, 0.5) is 0 Å². The molecule has 0 saturated carbocycles. The van der Waals surface area contributed by atoms with Crippen molar-refractivity contribution in [3.8, 4) is 0 Å². The Bertz CT molecular complexity index is 7020. The number of likely N-dealkylation sites (tertiary alicyclic amines) is 1. The Morgan fingerprint density at radius 2 is 0.837 bits per heavy atom. The molecule has 5 aliphatic rings. The number of β-lactam (4-membered cyclic amide) rings is 3. The number of hydrogen-bond acceptors (Lipinski definition) is 25. The minimum atomic E-state index is -3.25. The molecule has 12 aromatic rings. The predicted molar refractivity (Wildman–Crippen MR) is 587 cm³/mol. The number of pyridine rings is 3. The zero-order valence-electron chi connectivity index (χ0n) is 88.5. The molecule has 14 atom stereocenters. The summed E-state index contributed by atoms with van der Waals surface area (Å²) in [5.74, 6) is -5.24. The zero-order chi connectivity index (χ0) is 107. The number of amides is 3. The molecule has 3 saturated heterocycles. The van der Waals surface area contributed by atoms with E-state index in [-0.39, 0.29) is 123 Å². The maximum Gasteiger partial charge on any atom is 0.356 e. The number of methoxy groups -OCH3 is 2. The number of benzene rings is 3. The second-order valence-corrected chi connectivity index (χ2v) is 63.7. The third-order valence-corrected chi connectivity index (χ3v) is 52.4. The van der Waals surface area contributed by atoms with Crippen LogP contribution in [0.2, 0.25) is 54.4 Å². The van der Waals surface area contributed by atoms with E-state index in [4.69, 9.17) is 46.9 Å². The number of carbonyl (C=O) groups excluding carboxylic acids is 8. The van der Waals surface area contributed by atoms with Gasteiger partial charge in [-0.25, -0.2) is 29.3 Å². The largest absolute Gasteiger partial charge is 0.457 e. The fraction of sp³-hybridized carbons (Fsp3) is 0.402. The summed E-state index contributed by atoms with van der Waals surface area (Å²) in [5, 5.41) is 2.43. The van der Waals surface area contributed by atoms with Gasteiger partial charge in [-0.1, -0.05) is 224 Å². The monoisotopic (exact) mass is 2110 g/mol. The van der Waals surface area contributed by atoms with Crippen molar-refractivity contribution in [1.82, 2.24) is 57.8 Å². The molecule has 0 aliphatic carbocycles. The molecule has 14 heterocycles. The second kappa shape index (κ2) is 42.7. The summed E-state index contributed by atoms with van der Waals surface area (Å²) in [6.45, 7) is 56.4. The van der Waals surface area contributed by atoms with E-state index in [1.807, 2.05) is 185 Å². The fourth-order valence-corrected chi connectivity index (χ4v) is 32.4. The standard InChI is InChI=1S/C50H57N4O6PSSi.C32H42N4O5SSi.C30H36N4O5SSi/c1-11-30-59-48(57)46(61(37-23-15-12-16-24-37,38-25-17-13-18-26-38)39-27-19-14-20-28-39)54-42(41(45(54)56)35(3)60-63(9,10)49(4,5)6)34(2)43(55)40-32-53-33-52-44(47(53)62-40)50(7,58-8)36-22-21-29-51-31-36;1-11-15-40-30(38)26-23(19(2)25-24(28(37)36(25)26)20(3)41-43(9,10)31(4,5)6)22-17-35-18-34-27(29(35)42-22)32(7,39-8)21-13-12-14-33-16-21;1-9-13-38-29(37)25-21(17(2)24-22(27(36)34(24)25)18(3)39-41(7,8)30(4,5)6)20-15-33-16-32-23(28(33)40-20)26(35)19-11-10-12-31-14-19/h11-29,31-35,41-42H,1,30H2,2-10H3;11-14,16-20,24-25H,1,15H2,2-10H3;9-12,14-18,22,24H,1,13H2,2-8H3/t34-,35-,41-,42-,50?;19-,20+,24+,25+,32?;17-,18+,22+,24+/m100/s1. The van der Waals surface area contributed by atoms with Crippen LogP contribution in [0.5, 0.6) is 0 Å². The first-order chi connectivity index (χ1) is 69.5.